The highest BCUT2D eigenvalue weighted by Gasteiger charge is 2.22. The van der Waals surface area contributed by atoms with Crippen LogP contribution < -0.4 is 10.6 Å². The van der Waals surface area contributed by atoms with Crippen LogP contribution in [0.2, 0.25) is 0 Å². The Kier molecular flexibility index (Phi) is 6.36. The number of amides is 3. The Labute approximate surface area is 148 Å². The van der Waals surface area contributed by atoms with Gasteiger partial charge in [-0.1, -0.05) is 12.1 Å². The summed E-state index contributed by atoms with van der Waals surface area (Å²) in [6.07, 6.45) is 0.771. The fourth-order valence-corrected chi connectivity index (χ4v) is 2.75. The van der Waals surface area contributed by atoms with Gasteiger partial charge < -0.3 is 15.5 Å². The van der Waals surface area contributed by atoms with Crippen molar-refractivity contribution < 1.29 is 14.0 Å². The number of nitrogens with one attached hydrogen (secondary N) is 2. The van der Waals surface area contributed by atoms with Gasteiger partial charge in [0.15, 0.2) is 0 Å². The number of nitrogens with zero attached hydrogens (tertiary/aromatic N) is 2. The molecule has 6 nitrogen and oxygen atoms in total. The van der Waals surface area contributed by atoms with E-state index in [1.165, 1.54) is 12.1 Å². The van der Waals surface area contributed by atoms with Crippen LogP contribution in [0.4, 0.5) is 14.9 Å². The van der Waals surface area contributed by atoms with Crippen LogP contribution in [0.1, 0.15) is 27.2 Å². The molecule has 2 N–H and O–H groups in total. The minimum Gasteiger partial charge on any atom is -0.350 e. The Balaban J connectivity index is 1.85. The summed E-state index contributed by atoms with van der Waals surface area (Å²) >= 11 is 0. The molecule has 0 aromatic heterocycles. The molecule has 7 heteroatoms. The summed E-state index contributed by atoms with van der Waals surface area (Å²) in [5.41, 5.74) is -0.0765. The average Bonchev–Trinajstić information content (AvgIpc) is 2.73. The first-order chi connectivity index (χ1) is 11.7. The molecule has 0 spiro atoms. The van der Waals surface area contributed by atoms with Crippen molar-refractivity contribution in [1.29, 1.82) is 0 Å². The summed E-state index contributed by atoms with van der Waals surface area (Å²) in [4.78, 5) is 28.1. The Morgan fingerprint density at radius 1 is 1.12 bits per heavy atom. The summed E-state index contributed by atoms with van der Waals surface area (Å²) in [5.74, 6) is -0.470. The number of halogens is 1. The third kappa shape index (κ3) is 6.34. The molecule has 2 rings (SSSR count). The van der Waals surface area contributed by atoms with E-state index in [0.717, 1.165) is 13.0 Å². The van der Waals surface area contributed by atoms with Crippen LogP contribution >= 0.6 is 0 Å². The number of hydrogen-bond donors (Lipinski definition) is 2. The number of urea groups is 1. The SMILES string of the molecule is CC(C)(C)NC(=O)CN1CCCN(C(=O)Nc2ccccc2F)CC1. The van der Waals surface area contributed by atoms with Crippen molar-refractivity contribution in [2.24, 2.45) is 0 Å². The molecule has 1 heterocycles. The highest BCUT2D eigenvalue weighted by atomic mass is 19.1. The maximum absolute atomic E-state index is 13.7. The monoisotopic (exact) mass is 350 g/mol. The van der Waals surface area contributed by atoms with E-state index >= 15 is 0 Å². The molecule has 0 atom stereocenters. The number of rotatable bonds is 3. The molecule has 1 aliphatic heterocycles. The van der Waals surface area contributed by atoms with Gasteiger partial charge in [0, 0.05) is 31.7 Å². The van der Waals surface area contributed by atoms with E-state index in [-0.39, 0.29) is 23.2 Å². The largest absolute Gasteiger partial charge is 0.350 e. The Morgan fingerprint density at radius 2 is 1.84 bits per heavy atom. The molecule has 1 fully saturated rings. The van der Waals surface area contributed by atoms with E-state index in [9.17, 15) is 14.0 Å². The van der Waals surface area contributed by atoms with Gasteiger partial charge in [0.25, 0.3) is 0 Å². The Hall–Kier alpha value is -2.15. The number of anilines is 1. The predicted octanol–water partition coefficient (Wildman–Crippen LogP) is 2.28. The Morgan fingerprint density at radius 3 is 2.52 bits per heavy atom. The molecule has 3 amide bonds. The standard InChI is InChI=1S/C18H27FN4O2/c1-18(2,3)21-16(24)13-22-9-6-10-23(12-11-22)17(25)20-15-8-5-4-7-14(15)19/h4-5,7-8H,6,9-13H2,1-3H3,(H,20,25)(H,21,24). The van der Waals surface area contributed by atoms with Crippen LogP contribution in [0.3, 0.4) is 0 Å². The maximum atomic E-state index is 13.7. The molecule has 0 bridgehead atoms. The first-order valence-corrected chi connectivity index (χ1v) is 8.58. The lowest BCUT2D eigenvalue weighted by atomic mass is 10.1. The van der Waals surface area contributed by atoms with Crippen molar-refractivity contribution in [3.63, 3.8) is 0 Å². The summed E-state index contributed by atoms with van der Waals surface area (Å²) in [6.45, 7) is 8.61. The zero-order valence-corrected chi connectivity index (χ0v) is 15.1. The van der Waals surface area contributed by atoms with Gasteiger partial charge in [0.2, 0.25) is 5.91 Å². The molecule has 138 valence electrons. The number of hydrogen-bond acceptors (Lipinski definition) is 3. The third-order valence-corrected chi connectivity index (χ3v) is 3.87. The summed E-state index contributed by atoms with van der Waals surface area (Å²) in [7, 11) is 0. The van der Waals surface area contributed by atoms with Crippen LogP contribution in [0.25, 0.3) is 0 Å². The van der Waals surface area contributed by atoms with Crippen LogP contribution in [0.5, 0.6) is 0 Å². The lowest BCUT2D eigenvalue weighted by molar-refractivity contribution is -0.123. The maximum Gasteiger partial charge on any atom is 0.321 e. The van der Waals surface area contributed by atoms with Gasteiger partial charge in [-0.2, -0.15) is 0 Å². The molecule has 0 unspecified atom stereocenters. The second-order valence-corrected chi connectivity index (χ2v) is 7.32. The van der Waals surface area contributed by atoms with Crippen molar-refractivity contribution >= 4 is 17.6 Å². The van der Waals surface area contributed by atoms with Gasteiger partial charge in [-0.3, -0.25) is 9.69 Å². The molecule has 1 saturated heterocycles. The number of para-hydroxylation sites is 1. The van der Waals surface area contributed by atoms with E-state index in [2.05, 4.69) is 10.6 Å². The van der Waals surface area contributed by atoms with E-state index in [1.807, 2.05) is 25.7 Å². The molecule has 0 radical (unpaired) electrons. The van der Waals surface area contributed by atoms with Gasteiger partial charge in [-0.05, 0) is 39.3 Å². The minimum absolute atomic E-state index is 0.0169. The van der Waals surface area contributed by atoms with E-state index < -0.39 is 5.82 Å². The van der Waals surface area contributed by atoms with Crippen molar-refractivity contribution in [3.05, 3.63) is 30.1 Å². The lowest BCUT2D eigenvalue weighted by Crippen LogP contribution is -2.46. The van der Waals surface area contributed by atoms with Crippen LogP contribution in [-0.4, -0.2) is 60.0 Å². The van der Waals surface area contributed by atoms with Gasteiger partial charge in [0.05, 0.1) is 12.2 Å². The Bertz CT molecular complexity index is 615. The predicted molar refractivity (Wildman–Crippen MR) is 95.9 cm³/mol. The van der Waals surface area contributed by atoms with Crippen molar-refractivity contribution in [2.75, 3.05) is 38.0 Å². The molecule has 0 saturated carbocycles. The fourth-order valence-electron chi connectivity index (χ4n) is 2.75. The van der Waals surface area contributed by atoms with E-state index in [0.29, 0.717) is 26.2 Å². The smallest absolute Gasteiger partial charge is 0.321 e. The first-order valence-electron chi connectivity index (χ1n) is 8.58. The van der Waals surface area contributed by atoms with E-state index in [4.69, 9.17) is 0 Å². The topological polar surface area (TPSA) is 64.7 Å². The normalized spacial score (nSPS) is 16.2. The number of carbonyl (C=O) groups excluding carboxylic acids is 2. The third-order valence-electron chi connectivity index (χ3n) is 3.87. The van der Waals surface area contributed by atoms with Gasteiger partial charge in [0.1, 0.15) is 5.82 Å². The number of carbonyl (C=O) groups is 2. The summed E-state index contributed by atoms with van der Waals surface area (Å²) < 4.78 is 13.7. The highest BCUT2D eigenvalue weighted by Crippen LogP contribution is 2.14. The number of benzene rings is 1. The summed E-state index contributed by atoms with van der Waals surface area (Å²) in [5, 5.41) is 5.55. The van der Waals surface area contributed by atoms with Crippen LogP contribution in [0.15, 0.2) is 24.3 Å². The van der Waals surface area contributed by atoms with Crippen molar-refractivity contribution in [3.8, 4) is 0 Å². The van der Waals surface area contributed by atoms with E-state index in [1.54, 1.807) is 17.0 Å². The van der Waals surface area contributed by atoms with Crippen LogP contribution in [-0.2, 0) is 4.79 Å². The van der Waals surface area contributed by atoms with Crippen LogP contribution in [0, 0.1) is 5.82 Å². The minimum atomic E-state index is -0.453. The van der Waals surface area contributed by atoms with Gasteiger partial charge in [-0.15, -0.1) is 0 Å². The quantitative estimate of drug-likeness (QED) is 0.879. The first kappa shape index (κ1) is 19.2. The molecule has 1 aromatic carbocycles. The second kappa shape index (κ2) is 8.29. The molecular formula is C18H27FN4O2. The molecule has 1 aliphatic rings. The molecule has 25 heavy (non-hydrogen) atoms. The molecule has 0 aliphatic carbocycles. The fraction of sp³-hybridized carbons (Fsp3) is 0.556. The van der Waals surface area contributed by atoms with Gasteiger partial charge >= 0.3 is 6.03 Å². The molecule has 1 aromatic rings. The summed E-state index contributed by atoms with van der Waals surface area (Å²) in [6, 6.07) is 5.79. The highest BCUT2D eigenvalue weighted by molar-refractivity contribution is 5.89. The average molecular weight is 350 g/mol. The second-order valence-electron chi connectivity index (χ2n) is 7.32. The molecular weight excluding hydrogens is 323 g/mol. The zero-order valence-electron chi connectivity index (χ0n) is 15.1. The van der Waals surface area contributed by atoms with Crippen molar-refractivity contribution in [1.82, 2.24) is 15.1 Å². The zero-order chi connectivity index (χ0) is 18.4. The van der Waals surface area contributed by atoms with Gasteiger partial charge in [-0.25, -0.2) is 9.18 Å². The van der Waals surface area contributed by atoms with Crippen molar-refractivity contribution in [2.45, 2.75) is 32.7 Å². The lowest BCUT2D eigenvalue weighted by Gasteiger charge is -2.25.